The number of nitrogens with one attached hydrogen (secondary N) is 1. The van der Waals surface area contributed by atoms with E-state index in [0.29, 0.717) is 18.8 Å². The predicted octanol–water partition coefficient (Wildman–Crippen LogP) is 3.12. The van der Waals surface area contributed by atoms with E-state index in [4.69, 9.17) is 16.3 Å². The maximum Gasteiger partial charge on any atom is 0.285 e. The zero-order valence-corrected chi connectivity index (χ0v) is 13.6. The van der Waals surface area contributed by atoms with Crippen molar-refractivity contribution in [1.82, 2.24) is 10.2 Å². The molecule has 1 aromatic carbocycles. The first-order valence-electron chi connectivity index (χ1n) is 7.60. The van der Waals surface area contributed by atoms with Gasteiger partial charge in [-0.05, 0) is 25.0 Å². The van der Waals surface area contributed by atoms with Crippen LogP contribution in [0.2, 0.25) is 5.02 Å². The molecular weight excluding hydrogens is 314 g/mol. The summed E-state index contributed by atoms with van der Waals surface area (Å²) in [7, 11) is 0. The van der Waals surface area contributed by atoms with Crippen LogP contribution in [0.3, 0.4) is 0 Å². The Morgan fingerprint density at radius 1 is 1.39 bits per heavy atom. The van der Waals surface area contributed by atoms with E-state index >= 15 is 0 Å². The zero-order chi connectivity index (χ0) is 16.2. The minimum Gasteiger partial charge on any atom is -0.493 e. The van der Waals surface area contributed by atoms with E-state index in [1.54, 1.807) is 6.20 Å². The Labute approximate surface area is 139 Å². The number of hydrogen-bond donors (Lipinski definition) is 1. The van der Waals surface area contributed by atoms with Crippen LogP contribution in [0.5, 0.6) is 5.75 Å². The van der Waals surface area contributed by atoms with Gasteiger partial charge in [0, 0.05) is 18.7 Å². The summed E-state index contributed by atoms with van der Waals surface area (Å²) in [6.07, 6.45) is 4.60. The molecule has 1 aliphatic rings. The van der Waals surface area contributed by atoms with Crippen molar-refractivity contribution in [3.8, 4) is 5.75 Å². The monoisotopic (exact) mass is 331 g/mol. The van der Waals surface area contributed by atoms with Gasteiger partial charge in [-0.25, -0.2) is 5.10 Å². The van der Waals surface area contributed by atoms with E-state index < -0.39 is 0 Å². The SMILES string of the molecule is CCOc1ccccc1C1=CCN(c2cn[nH]c(=O)c2Cl)CC1. The van der Waals surface area contributed by atoms with Crippen molar-refractivity contribution in [3.63, 3.8) is 0 Å². The number of anilines is 1. The third-order valence-corrected chi connectivity index (χ3v) is 4.23. The van der Waals surface area contributed by atoms with Crippen LogP contribution in [0.15, 0.2) is 41.3 Å². The second-order valence-electron chi connectivity index (χ2n) is 5.25. The summed E-state index contributed by atoms with van der Waals surface area (Å²) in [5, 5.41) is 6.36. The van der Waals surface area contributed by atoms with E-state index in [9.17, 15) is 4.79 Å². The van der Waals surface area contributed by atoms with Gasteiger partial charge < -0.3 is 9.64 Å². The molecule has 1 N–H and O–H groups in total. The van der Waals surface area contributed by atoms with Crippen molar-refractivity contribution >= 4 is 22.9 Å². The number of rotatable bonds is 4. The van der Waals surface area contributed by atoms with Crippen molar-refractivity contribution in [3.05, 3.63) is 57.5 Å². The number of aromatic nitrogens is 2. The number of benzene rings is 1. The largest absolute Gasteiger partial charge is 0.493 e. The van der Waals surface area contributed by atoms with E-state index in [1.165, 1.54) is 5.57 Å². The topological polar surface area (TPSA) is 58.2 Å². The molecule has 0 radical (unpaired) electrons. The Kier molecular flexibility index (Phi) is 4.67. The van der Waals surface area contributed by atoms with Crippen LogP contribution < -0.4 is 15.2 Å². The molecule has 0 saturated carbocycles. The Hall–Kier alpha value is -2.27. The first-order valence-corrected chi connectivity index (χ1v) is 7.98. The Morgan fingerprint density at radius 3 is 2.96 bits per heavy atom. The molecule has 2 heterocycles. The van der Waals surface area contributed by atoms with Crippen molar-refractivity contribution in [1.29, 1.82) is 0 Å². The molecule has 0 aliphatic carbocycles. The van der Waals surface area contributed by atoms with E-state index in [1.807, 2.05) is 25.1 Å². The number of halogens is 1. The molecule has 2 aromatic rings. The summed E-state index contributed by atoms with van der Waals surface area (Å²) in [5.41, 5.74) is 2.69. The van der Waals surface area contributed by atoms with E-state index in [2.05, 4.69) is 27.2 Å². The Bertz CT molecular complexity index is 785. The van der Waals surface area contributed by atoms with Gasteiger partial charge >= 0.3 is 0 Å². The summed E-state index contributed by atoms with van der Waals surface area (Å²) in [4.78, 5) is 13.6. The van der Waals surface area contributed by atoms with Crippen molar-refractivity contribution in [2.45, 2.75) is 13.3 Å². The van der Waals surface area contributed by atoms with Crippen LogP contribution in [0.1, 0.15) is 18.9 Å². The molecule has 0 spiro atoms. The highest BCUT2D eigenvalue weighted by Gasteiger charge is 2.18. The van der Waals surface area contributed by atoms with Gasteiger partial charge in [0.1, 0.15) is 10.8 Å². The van der Waals surface area contributed by atoms with E-state index in [-0.39, 0.29) is 10.6 Å². The third kappa shape index (κ3) is 3.24. The third-order valence-electron chi connectivity index (χ3n) is 3.86. The van der Waals surface area contributed by atoms with Crippen molar-refractivity contribution < 1.29 is 4.74 Å². The van der Waals surface area contributed by atoms with Crippen molar-refractivity contribution in [2.24, 2.45) is 0 Å². The fourth-order valence-corrected chi connectivity index (χ4v) is 2.95. The minimum absolute atomic E-state index is 0.187. The smallest absolute Gasteiger partial charge is 0.285 e. The standard InChI is InChI=1S/C17H18ClN3O2/c1-2-23-15-6-4-3-5-13(15)12-7-9-21(10-8-12)14-11-19-20-17(22)16(14)18/h3-7,11H,2,8-10H2,1H3,(H,20,22). The van der Waals surface area contributed by atoms with Crippen LogP contribution in [0.25, 0.3) is 5.57 Å². The molecule has 0 bridgehead atoms. The summed E-state index contributed by atoms with van der Waals surface area (Å²) >= 11 is 6.08. The molecule has 0 unspecified atom stereocenters. The molecule has 23 heavy (non-hydrogen) atoms. The van der Waals surface area contributed by atoms with Gasteiger partial charge in [-0.2, -0.15) is 5.10 Å². The molecule has 5 nitrogen and oxygen atoms in total. The lowest BCUT2D eigenvalue weighted by atomic mass is 9.98. The lowest BCUT2D eigenvalue weighted by Crippen LogP contribution is -2.30. The van der Waals surface area contributed by atoms with Gasteiger partial charge in [-0.15, -0.1) is 0 Å². The molecule has 1 aliphatic heterocycles. The van der Waals surface area contributed by atoms with E-state index in [0.717, 1.165) is 24.3 Å². The van der Waals surface area contributed by atoms with Gasteiger partial charge in [-0.3, -0.25) is 4.79 Å². The number of para-hydroxylation sites is 1. The van der Waals surface area contributed by atoms with Gasteiger partial charge in [0.15, 0.2) is 0 Å². The molecule has 0 atom stereocenters. The van der Waals surface area contributed by atoms with Gasteiger partial charge in [0.2, 0.25) is 0 Å². The minimum atomic E-state index is -0.361. The van der Waals surface area contributed by atoms with Crippen LogP contribution in [0.4, 0.5) is 5.69 Å². The highest BCUT2D eigenvalue weighted by molar-refractivity contribution is 6.33. The molecule has 0 saturated heterocycles. The maximum atomic E-state index is 11.6. The Morgan fingerprint density at radius 2 is 2.22 bits per heavy atom. The molecule has 0 amide bonds. The average molecular weight is 332 g/mol. The lowest BCUT2D eigenvalue weighted by Gasteiger charge is -2.29. The summed E-state index contributed by atoms with van der Waals surface area (Å²) in [5.74, 6) is 0.908. The summed E-state index contributed by atoms with van der Waals surface area (Å²) < 4.78 is 5.71. The number of aromatic amines is 1. The molecule has 0 fully saturated rings. The quantitative estimate of drug-likeness (QED) is 0.935. The predicted molar refractivity (Wildman–Crippen MR) is 92.3 cm³/mol. The molecule has 1 aromatic heterocycles. The van der Waals surface area contributed by atoms with Gasteiger partial charge in [0.05, 0.1) is 18.5 Å². The molecular formula is C17H18ClN3O2. The molecule has 120 valence electrons. The van der Waals surface area contributed by atoms with Gasteiger partial charge in [0.25, 0.3) is 5.56 Å². The lowest BCUT2D eigenvalue weighted by molar-refractivity contribution is 0.339. The van der Waals surface area contributed by atoms with Crippen LogP contribution in [-0.4, -0.2) is 29.9 Å². The molecule has 6 heteroatoms. The first kappa shape index (κ1) is 15.6. The maximum absolute atomic E-state index is 11.6. The normalized spacial score (nSPS) is 14.5. The van der Waals surface area contributed by atoms with Crippen LogP contribution in [-0.2, 0) is 0 Å². The summed E-state index contributed by atoms with van der Waals surface area (Å²) in [6.45, 7) is 4.08. The molecule has 3 rings (SSSR count). The van der Waals surface area contributed by atoms with Crippen molar-refractivity contribution in [2.75, 3.05) is 24.6 Å². The Balaban J connectivity index is 1.84. The van der Waals surface area contributed by atoms with Gasteiger partial charge in [-0.1, -0.05) is 35.9 Å². The fraction of sp³-hybridized carbons (Fsp3) is 0.294. The number of H-pyrrole nitrogens is 1. The zero-order valence-electron chi connectivity index (χ0n) is 12.9. The fourth-order valence-electron chi connectivity index (χ4n) is 2.74. The number of nitrogens with zero attached hydrogens (tertiary/aromatic N) is 2. The second kappa shape index (κ2) is 6.87. The number of hydrogen-bond acceptors (Lipinski definition) is 4. The van der Waals surface area contributed by atoms with Crippen LogP contribution in [0, 0.1) is 0 Å². The van der Waals surface area contributed by atoms with Crippen LogP contribution >= 0.6 is 11.6 Å². The second-order valence-corrected chi connectivity index (χ2v) is 5.63. The number of ether oxygens (including phenoxy) is 1. The summed E-state index contributed by atoms with van der Waals surface area (Å²) in [6, 6.07) is 8.06. The highest BCUT2D eigenvalue weighted by Crippen LogP contribution is 2.32. The first-order chi connectivity index (χ1) is 11.2. The highest BCUT2D eigenvalue weighted by atomic mass is 35.5. The average Bonchev–Trinajstić information content (AvgIpc) is 2.58.